The number of hydrogen-bond acceptors (Lipinski definition) is 4. The van der Waals surface area contributed by atoms with Crippen molar-refractivity contribution in [3.8, 4) is 0 Å². The summed E-state index contributed by atoms with van der Waals surface area (Å²) >= 11 is 0. The van der Waals surface area contributed by atoms with E-state index in [1.807, 2.05) is 24.3 Å². The van der Waals surface area contributed by atoms with E-state index in [4.69, 9.17) is 4.74 Å². The normalized spacial score (nSPS) is 27.2. The van der Waals surface area contributed by atoms with Crippen LogP contribution >= 0.6 is 0 Å². The van der Waals surface area contributed by atoms with Crippen LogP contribution in [0.4, 0.5) is 0 Å². The number of ether oxygens (including phenoxy) is 1. The molecule has 0 aliphatic heterocycles. The van der Waals surface area contributed by atoms with Crippen molar-refractivity contribution in [1.29, 1.82) is 0 Å². The molecule has 2 aliphatic carbocycles. The first kappa shape index (κ1) is 18.4. The van der Waals surface area contributed by atoms with Gasteiger partial charge in [0.05, 0.1) is 6.10 Å². The molecule has 0 radical (unpaired) electrons. The molecule has 2 aromatic rings. The Hall–Kier alpha value is -1.95. The lowest BCUT2D eigenvalue weighted by Crippen LogP contribution is -2.46. The lowest BCUT2D eigenvalue weighted by atomic mass is 9.82. The molecule has 0 spiro atoms. The molecule has 2 heterocycles. The standard InChI is InChI=1S/C21H30N4O2/c1-4-5-8-27-17-10-15-6-7-16(11-17)18(15)24-21(26)19-20-23-13(2)9-14(3)25(20)12-22-19/h9,12,15-18H,4-8,10-11H2,1-3H3,(H,24,26)/t15-,16?,17?,18?/m0/s1. The zero-order valence-corrected chi connectivity index (χ0v) is 16.6. The van der Waals surface area contributed by atoms with Crippen molar-refractivity contribution in [2.75, 3.05) is 6.61 Å². The Balaban J connectivity index is 1.45. The highest BCUT2D eigenvalue weighted by atomic mass is 16.5. The van der Waals surface area contributed by atoms with Crippen LogP contribution in [0.5, 0.6) is 0 Å². The number of unbranched alkanes of at least 4 members (excludes halogenated alkanes) is 1. The Morgan fingerprint density at radius 1 is 1.30 bits per heavy atom. The lowest BCUT2D eigenvalue weighted by Gasteiger charge is -2.35. The van der Waals surface area contributed by atoms with Gasteiger partial charge in [-0.25, -0.2) is 9.97 Å². The third-order valence-electron chi connectivity index (χ3n) is 6.24. The molecule has 2 fully saturated rings. The molecular weight excluding hydrogens is 340 g/mol. The minimum Gasteiger partial charge on any atom is -0.378 e. The van der Waals surface area contributed by atoms with Gasteiger partial charge in [0.2, 0.25) is 0 Å². The van der Waals surface area contributed by atoms with E-state index in [1.165, 1.54) is 19.3 Å². The molecule has 0 aromatic carbocycles. The summed E-state index contributed by atoms with van der Waals surface area (Å²) in [6.45, 7) is 7.01. The molecule has 0 saturated heterocycles. The molecule has 4 atom stereocenters. The second kappa shape index (κ2) is 7.58. The average Bonchev–Trinajstić information content (AvgIpc) is 3.14. The summed E-state index contributed by atoms with van der Waals surface area (Å²) in [4.78, 5) is 21.9. The average molecular weight is 370 g/mol. The van der Waals surface area contributed by atoms with Gasteiger partial charge in [0.25, 0.3) is 5.91 Å². The minimum absolute atomic E-state index is 0.0951. The fourth-order valence-electron chi connectivity index (χ4n) is 4.90. The summed E-state index contributed by atoms with van der Waals surface area (Å²) in [5, 5.41) is 3.29. The van der Waals surface area contributed by atoms with Crippen LogP contribution in [0.1, 0.15) is 67.3 Å². The Bertz CT molecular complexity index is 817. The van der Waals surface area contributed by atoms with Crippen LogP contribution in [0.25, 0.3) is 5.65 Å². The van der Waals surface area contributed by atoms with E-state index in [0.29, 0.717) is 29.3 Å². The number of nitrogens with zero attached hydrogens (tertiary/aromatic N) is 3. The van der Waals surface area contributed by atoms with E-state index < -0.39 is 0 Å². The van der Waals surface area contributed by atoms with Gasteiger partial charge in [0.1, 0.15) is 6.33 Å². The highest BCUT2D eigenvalue weighted by Gasteiger charge is 2.44. The van der Waals surface area contributed by atoms with Gasteiger partial charge >= 0.3 is 0 Å². The highest BCUT2D eigenvalue weighted by Crippen LogP contribution is 2.43. The second-order valence-corrected chi connectivity index (χ2v) is 8.24. The Morgan fingerprint density at radius 2 is 2.04 bits per heavy atom. The van der Waals surface area contributed by atoms with E-state index in [1.54, 1.807) is 6.33 Å². The third-order valence-corrected chi connectivity index (χ3v) is 6.24. The van der Waals surface area contributed by atoms with Crippen molar-refractivity contribution in [1.82, 2.24) is 19.7 Å². The summed E-state index contributed by atoms with van der Waals surface area (Å²) in [6, 6.07) is 2.24. The summed E-state index contributed by atoms with van der Waals surface area (Å²) in [7, 11) is 0. The summed E-state index contributed by atoms with van der Waals surface area (Å²) in [6.07, 6.45) is 8.85. The molecule has 2 bridgehead atoms. The quantitative estimate of drug-likeness (QED) is 0.791. The summed E-state index contributed by atoms with van der Waals surface area (Å²) < 4.78 is 7.96. The first-order valence-corrected chi connectivity index (χ1v) is 10.3. The van der Waals surface area contributed by atoms with Gasteiger partial charge in [-0.05, 0) is 63.9 Å². The highest BCUT2D eigenvalue weighted by molar-refractivity contribution is 5.98. The topological polar surface area (TPSA) is 68.5 Å². The number of hydrogen-bond donors (Lipinski definition) is 1. The fourth-order valence-corrected chi connectivity index (χ4v) is 4.90. The van der Waals surface area contributed by atoms with Crippen molar-refractivity contribution in [3.63, 3.8) is 0 Å². The molecule has 2 aliphatic rings. The number of carbonyl (C=O) groups is 1. The zero-order valence-electron chi connectivity index (χ0n) is 16.6. The summed E-state index contributed by atoms with van der Waals surface area (Å²) in [5.41, 5.74) is 3.02. The van der Waals surface area contributed by atoms with E-state index in [2.05, 4.69) is 22.2 Å². The van der Waals surface area contributed by atoms with Crippen molar-refractivity contribution < 1.29 is 9.53 Å². The number of imidazole rings is 1. The number of nitrogens with one attached hydrogen (secondary N) is 1. The van der Waals surface area contributed by atoms with Crippen LogP contribution in [0.2, 0.25) is 0 Å². The molecular formula is C21H30N4O2. The molecule has 6 nitrogen and oxygen atoms in total. The molecule has 1 N–H and O–H groups in total. The van der Waals surface area contributed by atoms with Gasteiger partial charge in [0, 0.05) is 24.0 Å². The predicted molar refractivity (Wildman–Crippen MR) is 104 cm³/mol. The number of carbonyl (C=O) groups excluding carboxylic acids is 1. The number of amides is 1. The molecule has 2 saturated carbocycles. The third kappa shape index (κ3) is 3.59. The molecule has 1 amide bonds. The first-order chi connectivity index (χ1) is 13.1. The maximum atomic E-state index is 13.0. The van der Waals surface area contributed by atoms with Gasteiger partial charge in [-0.1, -0.05) is 13.3 Å². The lowest BCUT2D eigenvalue weighted by molar-refractivity contribution is -0.00121. The van der Waals surface area contributed by atoms with Crippen LogP contribution in [-0.2, 0) is 4.74 Å². The van der Waals surface area contributed by atoms with Gasteiger partial charge in [-0.2, -0.15) is 0 Å². The smallest absolute Gasteiger partial charge is 0.274 e. The Morgan fingerprint density at radius 3 is 2.74 bits per heavy atom. The second-order valence-electron chi connectivity index (χ2n) is 8.24. The molecule has 4 rings (SSSR count). The maximum absolute atomic E-state index is 13.0. The van der Waals surface area contributed by atoms with E-state index in [9.17, 15) is 4.79 Å². The molecule has 146 valence electrons. The van der Waals surface area contributed by atoms with Crippen molar-refractivity contribution in [2.24, 2.45) is 11.8 Å². The predicted octanol–water partition coefficient (Wildman–Crippen LogP) is 3.45. The molecule has 2 aromatic heterocycles. The number of aryl methyl sites for hydroxylation is 2. The summed E-state index contributed by atoms with van der Waals surface area (Å²) in [5.74, 6) is 0.941. The zero-order chi connectivity index (χ0) is 19.0. The Labute approximate surface area is 160 Å². The molecule has 3 unspecified atom stereocenters. The SMILES string of the molecule is CCCCOC1CC2CC[C@@H](C1)C2NC(=O)c1ncn2c(C)cc(C)nc12. The minimum atomic E-state index is -0.0951. The van der Waals surface area contributed by atoms with Gasteiger partial charge in [-0.15, -0.1) is 0 Å². The van der Waals surface area contributed by atoms with Crippen LogP contribution in [0.3, 0.4) is 0 Å². The largest absolute Gasteiger partial charge is 0.378 e. The molecule has 6 heteroatoms. The number of fused-ring (bicyclic) bond motifs is 3. The van der Waals surface area contributed by atoms with Crippen LogP contribution in [0.15, 0.2) is 12.4 Å². The Kier molecular flexibility index (Phi) is 5.17. The van der Waals surface area contributed by atoms with Crippen molar-refractivity contribution >= 4 is 11.6 Å². The van der Waals surface area contributed by atoms with Gasteiger partial charge < -0.3 is 10.1 Å². The van der Waals surface area contributed by atoms with Crippen LogP contribution in [0, 0.1) is 25.7 Å². The van der Waals surface area contributed by atoms with E-state index >= 15 is 0 Å². The maximum Gasteiger partial charge on any atom is 0.274 e. The number of aromatic nitrogens is 3. The van der Waals surface area contributed by atoms with E-state index in [-0.39, 0.29) is 11.9 Å². The van der Waals surface area contributed by atoms with Crippen LogP contribution in [-0.4, -0.2) is 39.0 Å². The van der Waals surface area contributed by atoms with Crippen LogP contribution < -0.4 is 5.32 Å². The first-order valence-electron chi connectivity index (χ1n) is 10.3. The van der Waals surface area contributed by atoms with Gasteiger partial charge in [-0.3, -0.25) is 9.20 Å². The fraction of sp³-hybridized carbons (Fsp3) is 0.667. The van der Waals surface area contributed by atoms with Gasteiger partial charge in [0.15, 0.2) is 11.3 Å². The van der Waals surface area contributed by atoms with E-state index in [0.717, 1.165) is 37.3 Å². The monoisotopic (exact) mass is 370 g/mol. The number of rotatable bonds is 6. The van der Waals surface area contributed by atoms with Crippen molar-refractivity contribution in [3.05, 3.63) is 29.5 Å². The molecule has 27 heavy (non-hydrogen) atoms. The van der Waals surface area contributed by atoms with Crippen molar-refractivity contribution in [2.45, 2.75) is 71.4 Å².